The van der Waals surface area contributed by atoms with Gasteiger partial charge in [0.05, 0.1) is 11.7 Å². The normalized spacial score (nSPS) is 15.1. The topological polar surface area (TPSA) is 36.1 Å². The molecule has 34 heavy (non-hydrogen) atoms. The quantitative estimate of drug-likeness (QED) is 0.315. The summed E-state index contributed by atoms with van der Waals surface area (Å²) < 4.78 is 0. The Hall–Kier alpha value is -4.11. The first-order valence-electron chi connectivity index (χ1n) is 11.8. The summed E-state index contributed by atoms with van der Waals surface area (Å²) in [6.07, 6.45) is 0.819. The van der Waals surface area contributed by atoms with Gasteiger partial charge in [0.25, 0.3) is 5.91 Å². The average Bonchev–Trinajstić information content (AvgIpc) is 3.39. The molecule has 0 radical (unpaired) electrons. The molecule has 2 heterocycles. The first-order valence-corrected chi connectivity index (χ1v) is 11.8. The van der Waals surface area contributed by atoms with E-state index in [0.29, 0.717) is 6.54 Å². The van der Waals surface area contributed by atoms with E-state index in [0.717, 1.165) is 39.7 Å². The maximum absolute atomic E-state index is 13.7. The number of fused-ring (bicyclic) bond motifs is 2. The first kappa shape index (κ1) is 20.5. The van der Waals surface area contributed by atoms with Gasteiger partial charge < -0.3 is 9.88 Å². The summed E-state index contributed by atoms with van der Waals surface area (Å²) in [5.41, 5.74) is 8.84. The molecule has 1 amide bonds. The van der Waals surface area contributed by atoms with E-state index < -0.39 is 0 Å². The van der Waals surface area contributed by atoms with Crippen molar-refractivity contribution in [2.75, 3.05) is 6.54 Å². The van der Waals surface area contributed by atoms with Crippen LogP contribution in [0.3, 0.4) is 0 Å². The van der Waals surface area contributed by atoms with Crippen LogP contribution < -0.4 is 0 Å². The number of aromatic amines is 1. The summed E-state index contributed by atoms with van der Waals surface area (Å²) in [5.74, 6) is 0.108. The fourth-order valence-corrected chi connectivity index (χ4v) is 5.20. The van der Waals surface area contributed by atoms with Gasteiger partial charge in [0.15, 0.2) is 0 Å². The maximum Gasteiger partial charge on any atom is 0.255 e. The lowest BCUT2D eigenvalue weighted by Gasteiger charge is -2.27. The minimum atomic E-state index is -0.139. The van der Waals surface area contributed by atoms with E-state index in [2.05, 4.69) is 95.7 Å². The zero-order valence-corrected chi connectivity index (χ0v) is 19.2. The Kier molecular flexibility index (Phi) is 5.03. The van der Waals surface area contributed by atoms with E-state index in [1.165, 1.54) is 16.7 Å². The van der Waals surface area contributed by atoms with Crippen molar-refractivity contribution in [1.29, 1.82) is 0 Å². The molecule has 0 fully saturated rings. The third-order valence-electron chi connectivity index (χ3n) is 6.90. The molecule has 0 aliphatic carbocycles. The van der Waals surface area contributed by atoms with E-state index in [-0.39, 0.29) is 11.9 Å². The average molecular weight is 443 g/mol. The second kappa shape index (κ2) is 8.35. The minimum absolute atomic E-state index is 0.108. The number of carbonyl (C=O) groups excluding carboxylic acids is 1. The minimum Gasteiger partial charge on any atom is -0.354 e. The number of hydrogen-bond acceptors (Lipinski definition) is 1. The van der Waals surface area contributed by atoms with E-state index in [1.807, 2.05) is 24.3 Å². The molecule has 0 bridgehead atoms. The highest BCUT2D eigenvalue weighted by Gasteiger charge is 2.39. The van der Waals surface area contributed by atoms with Gasteiger partial charge in [-0.25, -0.2) is 0 Å². The first-order chi connectivity index (χ1) is 16.7. The number of rotatable bonds is 5. The van der Waals surface area contributed by atoms with Crippen LogP contribution >= 0.6 is 0 Å². The molecular formula is C31H26N2O. The van der Waals surface area contributed by atoms with Crippen LogP contribution in [0.25, 0.3) is 22.2 Å². The van der Waals surface area contributed by atoms with Gasteiger partial charge >= 0.3 is 0 Å². The van der Waals surface area contributed by atoms with Crippen LogP contribution in [0.15, 0.2) is 103 Å². The SMILES string of the molecule is Cc1ccc(-c2[nH]c3ccccc3c2C2c3ccccc3C(=O)N2CCc2ccccc2)cc1. The summed E-state index contributed by atoms with van der Waals surface area (Å²) in [7, 11) is 0. The van der Waals surface area contributed by atoms with Gasteiger partial charge in [-0.3, -0.25) is 4.79 Å². The Balaban J connectivity index is 1.53. The third-order valence-corrected chi connectivity index (χ3v) is 6.90. The van der Waals surface area contributed by atoms with Crippen molar-refractivity contribution in [2.45, 2.75) is 19.4 Å². The number of amides is 1. The Bertz CT molecular complexity index is 1480. The van der Waals surface area contributed by atoms with Gasteiger partial charge in [-0.1, -0.05) is 96.6 Å². The number of nitrogens with zero attached hydrogens (tertiary/aromatic N) is 1. The molecule has 0 saturated heterocycles. The van der Waals surface area contributed by atoms with Crippen molar-refractivity contribution in [3.63, 3.8) is 0 Å². The van der Waals surface area contributed by atoms with E-state index in [4.69, 9.17) is 0 Å². The molecule has 1 N–H and O–H groups in total. The Morgan fingerprint density at radius 1 is 0.794 bits per heavy atom. The van der Waals surface area contributed by atoms with Crippen molar-refractivity contribution in [3.05, 3.63) is 131 Å². The smallest absolute Gasteiger partial charge is 0.255 e. The van der Waals surface area contributed by atoms with Crippen molar-refractivity contribution in [2.24, 2.45) is 0 Å². The molecule has 0 saturated carbocycles. The van der Waals surface area contributed by atoms with Crippen molar-refractivity contribution >= 4 is 16.8 Å². The second-order valence-corrected chi connectivity index (χ2v) is 9.05. The number of para-hydroxylation sites is 1. The third kappa shape index (κ3) is 3.41. The highest BCUT2D eigenvalue weighted by Crippen LogP contribution is 2.45. The number of aromatic nitrogens is 1. The largest absolute Gasteiger partial charge is 0.354 e. The lowest BCUT2D eigenvalue weighted by atomic mass is 9.93. The van der Waals surface area contributed by atoms with E-state index >= 15 is 0 Å². The zero-order valence-electron chi connectivity index (χ0n) is 19.2. The predicted octanol–water partition coefficient (Wildman–Crippen LogP) is 6.93. The molecule has 0 spiro atoms. The van der Waals surface area contributed by atoms with Crippen LogP contribution in [0.2, 0.25) is 0 Å². The van der Waals surface area contributed by atoms with Crippen LogP contribution in [0.5, 0.6) is 0 Å². The fraction of sp³-hybridized carbons (Fsp3) is 0.129. The van der Waals surface area contributed by atoms with Gasteiger partial charge in [-0.05, 0) is 42.2 Å². The van der Waals surface area contributed by atoms with Crippen LogP contribution in [0.1, 0.15) is 38.7 Å². The number of hydrogen-bond donors (Lipinski definition) is 1. The summed E-state index contributed by atoms with van der Waals surface area (Å²) in [6, 6.07) is 35.4. The Morgan fingerprint density at radius 2 is 1.50 bits per heavy atom. The zero-order chi connectivity index (χ0) is 23.1. The van der Waals surface area contributed by atoms with Crippen LogP contribution in [-0.2, 0) is 6.42 Å². The molecule has 1 atom stereocenters. The Morgan fingerprint density at radius 3 is 2.32 bits per heavy atom. The predicted molar refractivity (Wildman–Crippen MR) is 138 cm³/mol. The molecule has 1 aliphatic heterocycles. The van der Waals surface area contributed by atoms with Crippen LogP contribution in [0, 0.1) is 6.92 Å². The number of H-pyrrole nitrogens is 1. The molecule has 4 aromatic carbocycles. The summed E-state index contributed by atoms with van der Waals surface area (Å²) in [4.78, 5) is 19.4. The van der Waals surface area contributed by atoms with Crippen molar-refractivity contribution in [3.8, 4) is 11.3 Å². The van der Waals surface area contributed by atoms with Crippen molar-refractivity contribution in [1.82, 2.24) is 9.88 Å². The van der Waals surface area contributed by atoms with Gasteiger partial charge in [-0.2, -0.15) is 0 Å². The summed E-state index contributed by atoms with van der Waals surface area (Å²) in [6.45, 7) is 2.77. The lowest BCUT2D eigenvalue weighted by molar-refractivity contribution is 0.0753. The molecule has 1 aromatic heterocycles. The molecule has 1 unspecified atom stereocenters. The highest BCUT2D eigenvalue weighted by molar-refractivity contribution is 6.02. The van der Waals surface area contributed by atoms with Crippen LogP contribution in [-0.4, -0.2) is 22.3 Å². The van der Waals surface area contributed by atoms with Crippen LogP contribution in [0.4, 0.5) is 0 Å². The maximum atomic E-state index is 13.7. The Labute approximate surface area is 199 Å². The number of carbonyl (C=O) groups is 1. The van der Waals surface area contributed by atoms with Gasteiger partial charge in [0, 0.05) is 28.6 Å². The molecule has 1 aliphatic rings. The number of nitrogens with one attached hydrogen (secondary N) is 1. The van der Waals surface area contributed by atoms with E-state index in [1.54, 1.807) is 0 Å². The molecule has 6 rings (SSSR count). The molecule has 166 valence electrons. The number of aryl methyl sites for hydroxylation is 1. The molecule has 5 aromatic rings. The second-order valence-electron chi connectivity index (χ2n) is 9.05. The highest BCUT2D eigenvalue weighted by atomic mass is 16.2. The standard InChI is InChI=1S/C31H26N2O/c1-21-15-17-23(18-16-21)29-28(26-13-7-8-14-27(26)32-29)30-24-11-5-6-12-25(24)31(34)33(30)20-19-22-9-3-2-4-10-22/h2-18,30,32H,19-20H2,1H3. The lowest BCUT2D eigenvalue weighted by Crippen LogP contribution is -2.31. The summed E-state index contributed by atoms with van der Waals surface area (Å²) in [5, 5.41) is 1.16. The fourth-order valence-electron chi connectivity index (χ4n) is 5.20. The molecule has 3 nitrogen and oxygen atoms in total. The van der Waals surface area contributed by atoms with Crippen molar-refractivity contribution < 1.29 is 4.79 Å². The van der Waals surface area contributed by atoms with Gasteiger partial charge in [0.2, 0.25) is 0 Å². The monoisotopic (exact) mass is 442 g/mol. The number of benzene rings is 4. The molecular weight excluding hydrogens is 416 g/mol. The van der Waals surface area contributed by atoms with E-state index in [9.17, 15) is 4.79 Å². The van der Waals surface area contributed by atoms with Gasteiger partial charge in [-0.15, -0.1) is 0 Å². The van der Waals surface area contributed by atoms with Gasteiger partial charge in [0.1, 0.15) is 0 Å². The molecule has 3 heteroatoms. The summed E-state index contributed by atoms with van der Waals surface area (Å²) >= 11 is 0.